The van der Waals surface area contributed by atoms with Crippen LogP contribution in [0.4, 0.5) is 11.4 Å². The zero-order valence-electron chi connectivity index (χ0n) is 17.5. The minimum Gasteiger partial charge on any atom is -0.497 e. The van der Waals surface area contributed by atoms with Crippen molar-refractivity contribution in [1.82, 2.24) is 4.90 Å². The van der Waals surface area contributed by atoms with E-state index < -0.39 is 10.0 Å². The van der Waals surface area contributed by atoms with Gasteiger partial charge in [0.1, 0.15) is 5.75 Å². The van der Waals surface area contributed by atoms with Gasteiger partial charge < -0.3 is 14.5 Å². The van der Waals surface area contributed by atoms with Crippen LogP contribution in [-0.4, -0.2) is 64.8 Å². The number of anilines is 2. The van der Waals surface area contributed by atoms with Crippen LogP contribution in [-0.2, 0) is 16.4 Å². The predicted molar refractivity (Wildman–Crippen MR) is 118 cm³/mol. The summed E-state index contributed by atoms with van der Waals surface area (Å²) in [4.78, 5) is 17.2. The summed E-state index contributed by atoms with van der Waals surface area (Å²) in [6.45, 7) is 4.71. The van der Waals surface area contributed by atoms with Crippen LogP contribution in [0.2, 0.25) is 0 Å². The van der Waals surface area contributed by atoms with E-state index >= 15 is 0 Å². The number of nitrogens with zero attached hydrogens (tertiary/aromatic N) is 3. The summed E-state index contributed by atoms with van der Waals surface area (Å²) in [7, 11) is -1.68. The first-order valence-electron chi connectivity index (χ1n) is 10.1. The van der Waals surface area contributed by atoms with Crippen LogP contribution in [0.5, 0.6) is 5.75 Å². The van der Waals surface area contributed by atoms with E-state index in [2.05, 4.69) is 4.90 Å². The minimum atomic E-state index is -3.33. The molecule has 1 amide bonds. The van der Waals surface area contributed by atoms with Gasteiger partial charge in [0.15, 0.2) is 0 Å². The Labute approximate surface area is 177 Å². The van der Waals surface area contributed by atoms with E-state index in [1.807, 2.05) is 42.2 Å². The number of piperazine rings is 1. The molecule has 0 aliphatic carbocycles. The van der Waals surface area contributed by atoms with Crippen molar-refractivity contribution < 1.29 is 17.9 Å². The molecule has 30 heavy (non-hydrogen) atoms. The fourth-order valence-corrected chi connectivity index (χ4v) is 5.65. The molecule has 2 aliphatic heterocycles. The highest BCUT2D eigenvalue weighted by atomic mass is 32.2. The van der Waals surface area contributed by atoms with Gasteiger partial charge in [-0.3, -0.25) is 9.10 Å². The van der Waals surface area contributed by atoms with Crippen LogP contribution in [0.3, 0.4) is 0 Å². The van der Waals surface area contributed by atoms with E-state index in [0.29, 0.717) is 30.8 Å². The van der Waals surface area contributed by atoms with Crippen molar-refractivity contribution in [1.29, 1.82) is 0 Å². The van der Waals surface area contributed by atoms with Gasteiger partial charge in [-0.05, 0) is 61.4 Å². The summed E-state index contributed by atoms with van der Waals surface area (Å²) in [5.74, 6) is 0.825. The number of fused-ring (bicyclic) bond motifs is 1. The lowest BCUT2D eigenvalue weighted by atomic mass is 10.1. The van der Waals surface area contributed by atoms with E-state index in [1.54, 1.807) is 19.2 Å². The molecule has 0 unspecified atom stereocenters. The fraction of sp³-hybridized carbons (Fsp3) is 0.409. The molecular weight excluding hydrogens is 402 g/mol. The molecule has 0 bridgehead atoms. The minimum absolute atomic E-state index is 0.00219. The molecule has 2 aromatic rings. The molecule has 4 rings (SSSR count). The second-order valence-corrected chi connectivity index (χ2v) is 9.79. The van der Waals surface area contributed by atoms with Crippen LogP contribution in [0.25, 0.3) is 0 Å². The van der Waals surface area contributed by atoms with E-state index in [0.717, 1.165) is 30.1 Å². The third kappa shape index (κ3) is 3.84. The first-order chi connectivity index (χ1) is 14.3. The molecule has 2 aromatic carbocycles. The number of rotatable bonds is 4. The molecule has 160 valence electrons. The first-order valence-corrected chi connectivity index (χ1v) is 11.9. The summed E-state index contributed by atoms with van der Waals surface area (Å²) in [5.41, 5.74) is 3.34. The topological polar surface area (TPSA) is 70.2 Å². The predicted octanol–water partition coefficient (Wildman–Crippen LogP) is 2.37. The standard InChI is InChI=1S/C22H27N3O4S/c1-16-14-18-15-17(4-9-21(18)25(16)30(3,27)28)22(26)24-12-10-23(11-13-24)19-5-7-20(29-2)8-6-19/h4-9,15-16H,10-14H2,1-3H3/t16-/m1/s1. The Morgan fingerprint density at radius 3 is 2.30 bits per heavy atom. The van der Waals surface area contributed by atoms with Gasteiger partial charge in [0.25, 0.3) is 5.91 Å². The SMILES string of the molecule is COc1ccc(N2CCN(C(=O)c3ccc4c(c3)C[C@@H](C)N4S(C)(=O)=O)CC2)cc1. The van der Waals surface area contributed by atoms with Gasteiger partial charge in [0.2, 0.25) is 10.0 Å². The van der Waals surface area contributed by atoms with E-state index in [4.69, 9.17) is 4.74 Å². The van der Waals surface area contributed by atoms with E-state index in [1.165, 1.54) is 10.6 Å². The lowest BCUT2D eigenvalue weighted by molar-refractivity contribution is 0.0746. The molecule has 1 atom stereocenters. The summed E-state index contributed by atoms with van der Waals surface area (Å²) < 4.78 is 30.8. The van der Waals surface area contributed by atoms with Crippen molar-refractivity contribution in [3.05, 3.63) is 53.6 Å². The molecule has 2 aliphatic rings. The Kier molecular flexibility index (Phi) is 5.36. The molecule has 1 fully saturated rings. The average molecular weight is 430 g/mol. The molecule has 7 nitrogen and oxygen atoms in total. The summed E-state index contributed by atoms with van der Waals surface area (Å²) in [6.07, 6.45) is 1.84. The van der Waals surface area contributed by atoms with E-state index in [9.17, 15) is 13.2 Å². The molecule has 0 aromatic heterocycles. The Morgan fingerprint density at radius 1 is 1.03 bits per heavy atom. The number of hydrogen-bond acceptors (Lipinski definition) is 5. The van der Waals surface area contributed by atoms with Gasteiger partial charge in [0, 0.05) is 43.5 Å². The molecule has 0 radical (unpaired) electrons. The molecule has 0 saturated carbocycles. The molecule has 1 saturated heterocycles. The molecule has 2 heterocycles. The molecule has 0 N–H and O–H groups in total. The summed E-state index contributed by atoms with van der Waals surface area (Å²) >= 11 is 0. The third-order valence-corrected chi connectivity index (χ3v) is 7.11. The van der Waals surface area contributed by atoms with Crippen LogP contribution in [0, 0.1) is 0 Å². The lowest BCUT2D eigenvalue weighted by Crippen LogP contribution is -2.48. The van der Waals surface area contributed by atoms with Gasteiger partial charge >= 0.3 is 0 Å². The van der Waals surface area contributed by atoms with Gasteiger partial charge in [-0.25, -0.2) is 8.42 Å². The lowest BCUT2D eigenvalue weighted by Gasteiger charge is -2.36. The van der Waals surface area contributed by atoms with Crippen molar-refractivity contribution in [2.45, 2.75) is 19.4 Å². The number of carbonyl (C=O) groups is 1. The second-order valence-electron chi connectivity index (χ2n) is 7.93. The second kappa shape index (κ2) is 7.83. The first kappa shape index (κ1) is 20.5. The van der Waals surface area contributed by atoms with Crippen LogP contribution < -0.4 is 13.9 Å². The third-order valence-electron chi connectivity index (χ3n) is 5.84. The van der Waals surface area contributed by atoms with Gasteiger partial charge in [-0.1, -0.05) is 0 Å². The number of hydrogen-bond donors (Lipinski definition) is 0. The maximum Gasteiger partial charge on any atom is 0.253 e. The number of carbonyl (C=O) groups excluding carboxylic acids is 1. The van der Waals surface area contributed by atoms with Crippen molar-refractivity contribution in [3.8, 4) is 5.75 Å². The Bertz CT molecular complexity index is 1040. The number of sulfonamides is 1. The summed E-state index contributed by atoms with van der Waals surface area (Å²) in [5, 5.41) is 0. The quantitative estimate of drug-likeness (QED) is 0.746. The Morgan fingerprint density at radius 2 is 1.70 bits per heavy atom. The number of methoxy groups -OCH3 is 1. The van der Waals surface area contributed by atoms with Gasteiger partial charge in [-0.15, -0.1) is 0 Å². The average Bonchev–Trinajstić information content (AvgIpc) is 3.08. The van der Waals surface area contributed by atoms with Crippen molar-refractivity contribution in [3.63, 3.8) is 0 Å². The highest BCUT2D eigenvalue weighted by Crippen LogP contribution is 2.35. The maximum absolute atomic E-state index is 13.0. The Hall–Kier alpha value is -2.74. The normalized spacial score (nSPS) is 19.0. The van der Waals surface area contributed by atoms with Crippen LogP contribution in [0.15, 0.2) is 42.5 Å². The van der Waals surface area contributed by atoms with Crippen molar-refractivity contribution in [2.75, 3.05) is 48.7 Å². The number of amides is 1. The van der Waals surface area contributed by atoms with Crippen molar-refractivity contribution >= 4 is 27.3 Å². The highest BCUT2D eigenvalue weighted by molar-refractivity contribution is 7.92. The fourth-order valence-electron chi connectivity index (χ4n) is 4.38. The number of ether oxygens (including phenoxy) is 1. The molecular formula is C22H27N3O4S. The maximum atomic E-state index is 13.0. The van der Waals surface area contributed by atoms with Gasteiger partial charge in [0.05, 0.1) is 19.1 Å². The Balaban J connectivity index is 1.44. The van der Waals surface area contributed by atoms with Gasteiger partial charge in [-0.2, -0.15) is 0 Å². The zero-order valence-corrected chi connectivity index (χ0v) is 18.4. The molecule has 8 heteroatoms. The van der Waals surface area contributed by atoms with Crippen LogP contribution in [0.1, 0.15) is 22.8 Å². The largest absolute Gasteiger partial charge is 0.497 e. The summed E-state index contributed by atoms with van der Waals surface area (Å²) in [6, 6.07) is 13.2. The number of benzene rings is 2. The van der Waals surface area contributed by atoms with Crippen LogP contribution >= 0.6 is 0 Å². The van der Waals surface area contributed by atoms with E-state index in [-0.39, 0.29) is 11.9 Å². The monoisotopic (exact) mass is 429 g/mol. The highest BCUT2D eigenvalue weighted by Gasteiger charge is 2.33. The smallest absolute Gasteiger partial charge is 0.253 e. The molecule has 0 spiro atoms. The zero-order chi connectivity index (χ0) is 21.5. The van der Waals surface area contributed by atoms with Crippen molar-refractivity contribution in [2.24, 2.45) is 0 Å².